The molecule has 1 amide bonds. The van der Waals surface area contributed by atoms with E-state index in [-0.39, 0.29) is 5.91 Å². The van der Waals surface area contributed by atoms with E-state index in [9.17, 15) is 4.79 Å². The Balaban J connectivity index is 1.48. The van der Waals surface area contributed by atoms with E-state index in [2.05, 4.69) is 4.90 Å². The van der Waals surface area contributed by atoms with Crippen molar-refractivity contribution in [3.63, 3.8) is 0 Å². The average Bonchev–Trinajstić information content (AvgIpc) is 3.18. The monoisotopic (exact) mass is 342 g/mol. The topological polar surface area (TPSA) is 32.8 Å². The van der Waals surface area contributed by atoms with Gasteiger partial charge in [0.05, 0.1) is 15.8 Å². The Morgan fingerprint density at radius 1 is 1.41 bits per heavy atom. The number of hydrogen-bond donors (Lipinski definition) is 0. The Bertz CT molecular complexity index is 508. The van der Waals surface area contributed by atoms with Crippen LogP contribution in [-0.4, -0.2) is 61.6 Å². The van der Waals surface area contributed by atoms with Crippen LogP contribution in [0.15, 0.2) is 12.1 Å². The number of carbonyl (C=O) groups is 1. The van der Waals surface area contributed by atoms with Gasteiger partial charge in [0, 0.05) is 39.3 Å². The van der Waals surface area contributed by atoms with Gasteiger partial charge in [-0.2, -0.15) is 0 Å². The molecule has 1 aromatic heterocycles. The molecule has 2 aliphatic heterocycles. The third-order valence-electron chi connectivity index (χ3n) is 4.75. The van der Waals surface area contributed by atoms with Gasteiger partial charge >= 0.3 is 0 Å². The molecule has 0 saturated carbocycles. The molecule has 3 rings (SSSR count). The van der Waals surface area contributed by atoms with Gasteiger partial charge in [0.2, 0.25) is 0 Å². The summed E-state index contributed by atoms with van der Waals surface area (Å²) in [6.45, 7) is 5.12. The molecule has 1 aromatic rings. The Hall–Kier alpha value is -0.620. The molecule has 0 N–H and O–H groups in total. The molecule has 2 aliphatic rings. The lowest BCUT2D eigenvalue weighted by atomic mass is 10.0. The quantitative estimate of drug-likeness (QED) is 0.843. The SMILES string of the molecule is CN(C(=O)c1ccc(Cl)s1)C1CCN(CC2CCOC2)CC1. The van der Waals surface area contributed by atoms with E-state index >= 15 is 0 Å². The Morgan fingerprint density at radius 3 is 2.77 bits per heavy atom. The lowest BCUT2D eigenvalue weighted by molar-refractivity contribution is 0.0630. The number of amides is 1. The summed E-state index contributed by atoms with van der Waals surface area (Å²) in [5.41, 5.74) is 0. The van der Waals surface area contributed by atoms with E-state index < -0.39 is 0 Å². The third-order valence-corrected chi connectivity index (χ3v) is 5.97. The van der Waals surface area contributed by atoms with Crippen molar-refractivity contribution >= 4 is 28.8 Å². The molecule has 22 heavy (non-hydrogen) atoms. The maximum Gasteiger partial charge on any atom is 0.263 e. The second-order valence-electron chi connectivity index (χ2n) is 6.28. The number of halogens is 1. The Labute approximate surface area is 141 Å². The van der Waals surface area contributed by atoms with Crippen LogP contribution >= 0.6 is 22.9 Å². The summed E-state index contributed by atoms with van der Waals surface area (Å²) in [4.78, 5) is 17.6. The van der Waals surface area contributed by atoms with Gasteiger partial charge in [-0.3, -0.25) is 4.79 Å². The van der Waals surface area contributed by atoms with E-state index in [4.69, 9.17) is 16.3 Å². The molecule has 2 saturated heterocycles. The predicted octanol–water partition coefficient (Wildman–Crippen LogP) is 2.97. The van der Waals surface area contributed by atoms with Crippen molar-refractivity contribution in [1.82, 2.24) is 9.80 Å². The fourth-order valence-electron chi connectivity index (χ4n) is 3.35. The first kappa shape index (κ1) is 16.2. The van der Waals surface area contributed by atoms with Gasteiger partial charge in [-0.25, -0.2) is 0 Å². The minimum atomic E-state index is 0.0968. The number of nitrogens with zero attached hydrogens (tertiary/aromatic N) is 2. The zero-order chi connectivity index (χ0) is 15.5. The van der Waals surface area contributed by atoms with Gasteiger partial charge in [0.25, 0.3) is 5.91 Å². The highest BCUT2D eigenvalue weighted by Crippen LogP contribution is 2.25. The van der Waals surface area contributed by atoms with Crippen molar-refractivity contribution in [1.29, 1.82) is 0 Å². The summed E-state index contributed by atoms with van der Waals surface area (Å²) >= 11 is 7.29. The van der Waals surface area contributed by atoms with Crippen LogP contribution in [0.5, 0.6) is 0 Å². The van der Waals surface area contributed by atoms with Crippen molar-refractivity contribution < 1.29 is 9.53 Å². The molecule has 4 nitrogen and oxygen atoms in total. The van der Waals surface area contributed by atoms with Gasteiger partial charge in [-0.15, -0.1) is 11.3 Å². The summed E-state index contributed by atoms with van der Waals surface area (Å²) < 4.78 is 6.12. The molecule has 2 fully saturated rings. The minimum absolute atomic E-state index is 0.0968. The van der Waals surface area contributed by atoms with Crippen LogP contribution in [0.3, 0.4) is 0 Å². The summed E-state index contributed by atoms with van der Waals surface area (Å²) in [7, 11) is 1.92. The van der Waals surface area contributed by atoms with Crippen LogP contribution in [0.4, 0.5) is 0 Å². The zero-order valence-corrected chi connectivity index (χ0v) is 14.5. The molecule has 1 unspecified atom stereocenters. The lowest BCUT2D eigenvalue weighted by Gasteiger charge is -2.37. The third kappa shape index (κ3) is 3.82. The molecular weight excluding hydrogens is 320 g/mol. The van der Waals surface area contributed by atoms with Gasteiger partial charge < -0.3 is 14.5 Å². The second-order valence-corrected chi connectivity index (χ2v) is 8.00. The second kappa shape index (κ2) is 7.30. The normalized spacial score (nSPS) is 23.8. The standard InChI is InChI=1S/C16H23ClN2O2S/c1-18(16(20)14-2-3-15(17)22-14)13-4-7-19(8-5-13)10-12-6-9-21-11-12/h2-3,12-13H,4-11H2,1H3. The first-order valence-electron chi connectivity index (χ1n) is 7.96. The Morgan fingerprint density at radius 2 is 2.18 bits per heavy atom. The van der Waals surface area contributed by atoms with Crippen LogP contribution in [-0.2, 0) is 4.74 Å². The molecule has 1 atom stereocenters. The molecule has 6 heteroatoms. The van der Waals surface area contributed by atoms with Gasteiger partial charge in [0.1, 0.15) is 0 Å². The number of thiophene rings is 1. The smallest absolute Gasteiger partial charge is 0.263 e. The van der Waals surface area contributed by atoms with E-state index in [1.807, 2.05) is 18.0 Å². The average molecular weight is 343 g/mol. The maximum absolute atomic E-state index is 12.5. The van der Waals surface area contributed by atoms with Crippen molar-refractivity contribution in [2.45, 2.75) is 25.3 Å². The van der Waals surface area contributed by atoms with Crippen molar-refractivity contribution in [2.24, 2.45) is 5.92 Å². The van der Waals surface area contributed by atoms with Gasteiger partial charge in [-0.05, 0) is 37.3 Å². The fraction of sp³-hybridized carbons (Fsp3) is 0.688. The minimum Gasteiger partial charge on any atom is -0.381 e. The number of likely N-dealkylation sites (tertiary alicyclic amines) is 1. The summed E-state index contributed by atoms with van der Waals surface area (Å²) in [5.74, 6) is 0.795. The summed E-state index contributed by atoms with van der Waals surface area (Å²) in [5, 5.41) is 0. The van der Waals surface area contributed by atoms with Gasteiger partial charge in [0.15, 0.2) is 0 Å². The number of carbonyl (C=O) groups excluding carboxylic acids is 1. The first-order chi connectivity index (χ1) is 10.6. The summed E-state index contributed by atoms with van der Waals surface area (Å²) in [6.07, 6.45) is 3.29. The number of hydrogen-bond acceptors (Lipinski definition) is 4. The van der Waals surface area contributed by atoms with Crippen LogP contribution in [0.25, 0.3) is 0 Å². The van der Waals surface area contributed by atoms with Crippen LogP contribution in [0.1, 0.15) is 28.9 Å². The fourth-order valence-corrected chi connectivity index (χ4v) is 4.38. The molecule has 0 aliphatic carbocycles. The molecule has 122 valence electrons. The van der Waals surface area contributed by atoms with Crippen molar-refractivity contribution in [3.05, 3.63) is 21.3 Å². The lowest BCUT2D eigenvalue weighted by Crippen LogP contribution is -2.46. The maximum atomic E-state index is 12.5. The van der Waals surface area contributed by atoms with Gasteiger partial charge in [-0.1, -0.05) is 11.6 Å². The molecule has 0 aromatic carbocycles. The first-order valence-corrected chi connectivity index (χ1v) is 9.15. The Kier molecular flexibility index (Phi) is 5.39. The highest BCUT2D eigenvalue weighted by Gasteiger charge is 2.28. The number of piperidine rings is 1. The van der Waals surface area contributed by atoms with E-state index in [1.54, 1.807) is 6.07 Å². The van der Waals surface area contributed by atoms with Crippen LogP contribution in [0.2, 0.25) is 4.34 Å². The van der Waals surface area contributed by atoms with Crippen LogP contribution < -0.4 is 0 Å². The highest BCUT2D eigenvalue weighted by molar-refractivity contribution is 7.17. The van der Waals surface area contributed by atoms with Crippen molar-refractivity contribution in [2.75, 3.05) is 39.9 Å². The molecule has 0 bridgehead atoms. The van der Waals surface area contributed by atoms with Crippen LogP contribution in [0, 0.1) is 5.92 Å². The van der Waals surface area contributed by atoms with Crippen molar-refractivity contribution in [3.8, 4) is 0 Å². The highest BCUT2D eigenvalue weighted by atomic mass is 35.5. The van der Waals surface area contributed by atoms with E-state index in [0.29, 0.717) is 16.3 Å². The van der Waals surface area contributed by atoms with E-state index in [1.165, 1.54) is 17.8 Å². The largest absolute Gasteiger partial charge is 0.381 e. The zero-order valence-electron chi connectivity index (χ0n) is 13.0. The molecule has 0 radical (unpaired) electrons. The molecule has 3 heterocycles. The molecule has 0 spiro atoms. The number of ether oxygens (including phenoxy) is 1. The molecular formula is C16H23ClN2O2S. The number of rotatable bonds is 4. The summed E-state index contributed by atoms with van der Waals surface area (Å²) in [6, 6.07) is 3.95. The van der Waals surface area contributed by atoms with E-state index in [0.717, 1.165) is 50.6 Å². The predicted molar refractivity (Wildman–Crippen MR) is 89.8 cm³/mol.